The van der Waals surface area contributed by atoms with Crippen molar-refractivity contribution in [1.29, 1.82) is 0 Å². The Bertz CT molecular complexity index is 867. The molecule has 0 saturated carbocycles. The van der Waals surface area contributed by atoms with Gasteiger partial charge in [-0.25, -0.2) is 5.01 Å². The average Bonchev–Trinajstić information content (AvgIpc) is 2.73. The van der Waals surface area contributed by atoms with Gasteiger partial charge in [0.15, 0.2) is 5.84 Å². The number of piperidine rings is 1. The highest BCUT2D eigenvalue weighted by molar-refractivity contribution is 9.10. The van der Waals surface area contributed by atoms with Crippen LogP contribution >= 0.6 is 15.9 Å². The normalized spacial score (nSPS) is 21.5. The summed E-state index contributed by atoms with van der Waals surface area (Å²) in [6, 6.07) is 4.88. The number of hydrogen-bond donors (Lipinski definition) is 0. The number of carbonyl (C=O) groups excluding carboxylic acids is 1. The van der Waals surface area contributed by atoms with Gasteiger partial charge in [0.1, 0.15) is 25.1 Å². The monoisotopic (exact) mass is 508 g/mol. The molecule has 0 bridgehead atoms. The highest BCUT2D eigenvalue weighted by atomic mass is 79.9. The third-order valence-electron chi connectivity index (χ3n) is 6.06. The summed E-state index contributed by atoms with van der Waals surface area (Å²) in [6.07, 6.45) is 3.70. The van der Waals surface area contributed by atoms with Crippen LogP contribution < -0.4 is 14.5 Å². The van der Waals surface area contributed by atoms with Gasteiger partial charge in [-0.3, -0.25) is 4.79 Å². The van der Waals surface area contributed by atoms with Crippen LogP contribution in [0.1, 0.15) is 26.2 Å². The van der Waals surface area contributed by atoms with E-state index in [2.05, 4.69) is 51.6 Å². The van der Waals surface area contributed by atoms with Crippen molar-refractivity contribution < 1.29 is 14.3 Å². The molecule has 1 amide bonds. The zero-order valence-electron chi connectivity index (χ0n) is 19.0. The van der Waals surface area contributed by atoms with Crippen LogP contribution in [0.4, 0.5) is 11.4 Å². The summed E-state index contributed by atoms with van der Waals surface area (Å²) in [6.45, 7) is 12.2. The lowest BCUT2D eigenvalue weighted by Gasteiger charge is -2.41. The lowest BCUT2D eigenvalue weighted by Crippen LogP contribution is -2.57. The van der Waals surface area contributed by atoms with E-state index in [1.165, 1.54) is 24.3 Å². The molecule has 7 nitrogen and oxygen atoms in total. The van der Waals surface area contributed by atoms with Crippen LogP contribution in [0.2, 0.25) is 25.7 Å². The number of benzene rings is 1. The summed E-state index contributed by atoms with van der Waals surface area (Å²) in [5.74, 6) is 1.48. The summed E-state index contributed by atoms with van der Waals surface area (Å²) < 4.78 is 12.8. The minimum atomic E-state index is -1.17. The Morgan fingerprint density at radius 2 is 1.94 bits per heavy atom. The van der Waals surface area contributed by atoms with Gasteiger partial charge in [-0.1, -0.05) is 19.6 Å². The van der Waals surface area contributed by atoms with Gasteiger partial charge in [-0.2, -0.15) is 5.10 Å². The second-order valence-corrected chi connectivity index (χ2v) is 16.2. The summed E-state index contributed by atoms with van der Waals surface area (Å²) in [4.78, 5) is 17.5. The summed E-state index contributed by atoms with van der Waals surface area (Å²) >= 11 is 3.73. The molecule has 1 fully saturated rings. The predicted molar refractivity (Wildman–Crippen MR) is 131 cm³/mol. The molecule has 1 atom stereocenters. The molecule has 1 saturated heterocycles. The highest BCUT2D eigenvalue weighted by Crippen LogP contribution is 2.43. The first-order valence-corrected chi connectivity index (χ1v) is 15.7. The first-order chi connectivity index (χ1) is 14.7. The zero-order valence-corrected chi connectivity index (χ0v) is 21.6. The molecule has 0 aliphatic carbocycles. The summed E-state index contributed by atoms with van der Waals surface area (Å²) in [7, 11) is -1.17. The second kappa shape index (κ2) is 9.11. The van der Waals surface area contributed by atoms with E-state index in [0.717, 1.165) is 46.6 Å². The van der Waals surface area contributed by atoms with Gasteiger partial charge in [-0.15, -0.1) is 0 Å². The van der Waals surface area contributed by atoms with Crippen molar-refractivity contribution >= 4 is 47.1 Å². The number of nitrogens with zero attached hydrogens (tertiary/aromatic N) is 4. The smallest absolute Gasteiger partial charge is 0.267 e. The number of carbonyl (C=O) groups is 1. The number of rotatable bonds is 6. The predicted octanol–water partition coefficient (Wildman–Crippen LogP) is 4.49. The van der Waals surface area contributed by atoms with Crippen molar-refractivity contribution in [2.45, 2.75) is 57.9 Å². The third-order valence-corrected chi connectivity index (χ3v) is 8.40. The SMILES string of the molecule is CC1C(=O)N(COCC[Si](C)(C)C)N=C2COc3cc(Br)c(N4CCCCC4)cc3N21. The van der Waals surface area contributed by atoms with Gasteiger partial charge in [0.25, 0.3) is 5.91 Å². The molecule has 0 N–H and O–H groups in total. The molecule has 1 aromatic carbocycles. The third kappa shape index (κ3) is 4.93. The van der Waals surface area contributed by atoms with Gasteiger partial charge >= 0.3 is 0 Å². The maximum Gasteiger partial charge on any atom is 0.267 e. The fourth-order valence-corrected chi connectivity index (χ4v) is 5.54. The maximum absolute atomic E-state index is 13.1. The number of fused-ring (bicyclic) bond motifs is 3. The minimum Gasteiger partial charge on any atom is -0.483 e. The first kappa shape index (κ1) is 22.6. The molecule has 0 aromatic heterocycles. The van der Waals surface area contributed by atoms with Crippen molar-refractivity contribution in [3.8, 4) is 5.75 Å². The molecule has 0 radical (unpaired) electrons. The van der Waals surface area contributed by atoms with Crippen LogP contribution in [-0.4, -0.2) is 63.9 Å². The first-order valence-electron chi connectivity index (χ1n) is 11.2. The van der Waals surface area contributed by atoms with Gasteiger partial charge in [0.2, 0.25) is 0 Å². The molecular weight excluding hydrogens is 476 g/mol. The molecule has 1 aromatic rings. The minimum absolute atomic E-state index is 0.0490. The van der Waals surface area contributed by atoms with Crippen molar-refractivity contribution in [3.63, 3.8) is 0 Å². The summed E-state index contributed by atoms with van der Waals surface area (Å²) in [5.41, 5.74) is 2.06. The fraction of sp³-hybridized carbons (Fsp3) is 0.636. The van der Waals surface area contributed by atoms with E-state index in [0.29, 0.717) is 13.2 Å². The molecule has 3 aliphatic rings. The fourth-order valence-electron chi connectivity index (χ4n) is 4.21. The van der Waals surface area contributed by atoms with Crippen LogP contribution in [0.15, 0.2) is 21.7 Å². The van der Waals surface area contributed by atoms with Gasteiger partial charge in [0.05, 0.1) is 11.4 Å². The Morgan fingerprint density at radius 1 is 1.19 bits per heavy atom. The molecule has 9 heteroatoms. The number of halogens is 1. The molecule has 0 spiro atoms. The van der Waals surface area contributed by atoms with Crippen LogP contribution in [0, 0.1) is 0 Å². The van der Waals surface area contributed by atoms with E-state index in [4.69, 9.17) is 9.47 Å². The molecule has 1 unspecified atom stereocenters. The molecule has 170 valence electrons. The number of amides is 1. The highest BCUT2D eigenvalue weighted by Gasteiger charge is 2.39. The quantitative estimate of drug-likeness (QED) is 0.418. The summed E-state index contributed by atoms with van der Waals surface area (Å²) in [5, 5.41) is 6.05. The number of anilines is 2. The van der Waals surface area contributed by atoms with Crippen molar-refractivity contribution in [2.24, 2.45) is 5.10 Å². The Hall–Kier alpha value is -1.58. The maximum atomic E-state index is 13.1. The largest absolute Gasteiger partial charge is 0.483 e. The van der Waals surface area contributed by atoms with Crippen molar-refractivity contribution in [1.82, 2.24) is 5.01 Å². The average molecular weight is 510 g/mol. The lowest BCUT2D eigenvalue weighted by atomic mass is 10.1. The van der Waals surface area contributed by atoms with Crippen molar-refractivity contribution in [3.05, 3.63) is 16.6 Å². The van der Waals surface area contributed by atoms with Gasteiger partial charge in [-0.05, 0) is 60.3 Å². The Kier molecular flexibility index (Phi) is 6.64. The number of ether oxygens (including phenoxy) is 2. The molecular formula is C22H33BrN4O3Si. The zero-order chi connectivity index (χ0) is 22.2. The molecule has 3 heterocycles. The molecule has 3 aliphatic heterocycles. The topological polar surface area (TPSA) is 57.6 Å². The standard InChI is InChI=1S/C22H33BrN4O3Si/c1-16-22(28)26(15-29-10-11-31(2,3)4)24-21-14-30-20-12-17(23)18(13-19(20)27(16)21)25-8-6-5-7-9-25/h12-13,16H,5-11,14-15H2,1-4H3. The van der Waals surface area contributed by atoms with Crippen LogP contribution in [0.25, 0.3) is 0 Å². The lowest BCUT2D eigenvalue weighted by molar-refractivity contribution is -0.138. The van der Waals surface area contributed by atoms with Crippen LogP contribution in [-0.2, 0) is 9.53 Å². The van der Waals surface area contributed by atoms with E-state index < -0.39 is 8.07 Å². The molecule has 31 heavy (non-hydrogen) atoms. The Balaban J connectivity index is 1.55. The number of hydrogen-bond acceptors (Lipinski definition) is 6. The van der Waals surface area contributed by atoms with Gasteiger partial charge in [0, 0.05) is 32.2 Å². The number of amidine groups is 1. The molecule has 4 rings (SSSR count). The van der Waals surface area contributed by atoms with Gasteiger partial charge < -0.3 is 19.3 Å². The van der Waals surface area contributed by atoms with E-state index in [1.807, 2.05) is 17.9 Å². The van der Waals surface area contributed by atoms with E-state index in [-0.39, 0.29) is 18.7 Å². The Morgan fingerprint density at radius 3 is 2.65 bits per heavy atom. The van der Waals surface area contributed by atoms with E-state index >= 15 is 0 Å². The number of hydrazone groups is 1. The van der Waals surface area contributed by atoms with E-state index in [9.17, 15) is 4.79 Å². The Labute approximate surface area is 194 Å². The van der Waals surface area contributed by atoms with Crippen molar-refractivity contribution in [2.75, 3.05) is 42.8 Å². The van der Waals surface area contributed by atoms with Crippen LogP contribution in [0.3, 0.4) is 0 Å². The second-order valence-electron chi connectivity index (χ2n) is 9.76. The van der Waals surface area contributed by atoms with E-state index in [1.54, 1.807) is 0 Å². The van der Waals surface area contributed by atoms with Crippen LogP contribution in [0.5, 0.6) is 5.75 Å².